The summed E-state index contributed by atoms with van der Waals surface area (Å²) < 4.78 is 42.0. The zero-order valence-electron chi connectivity index (χ0n) is 18.6. The van der Waals surface area contributed by atoms with Gasteiger partial charge >= 0.3 is 11.9 Å². The maximum atomic E-state index is 13.4. The Balaban J connectivity index is 1.56. The topological polar surface area (TPSA) is 73.3 Å². The number of nitrogens with zero attached hydrogens (tertiary/aromatic N) is 4. The van der Waals surface area contributed by atoms with Gasteiger partial charge in [0.2, 0.25) is 5.91 Å². The molecule has 0 bridgehead atoms. The highest BCUT2D eigenvalue weighted by atomic mass is 19.4. The van der Waals surface area contributed by atoms with E-state index in [-0.39, 0.29) is 0 Å². The third kappa shape index (κ3) is 4.18. The van der Waals surface area contributed by atoms with Crippen molar-refractivity contribution in [1.29, 1.82) is 0 Å². The van der Waals surface area contributed by atoms with E-state index >= 15 is 0 Å². The van der Waals surface area contributed by atoms with Gasteiger partial charge < -0.3 is 9.72 Å². The molecular weight excluding hydrogens is 459 g/mol. The standard InChI is InChI=1S/C25H20F3N5O2/c1-16-11-17(18-5-4-10-31-15-29-12-22(18)31)8-9-19(16)33-21-7-3-2-6-20(21)32(24(33)35)13-23(34)30-14-25(26,27)28/h2-12,15H,13-14H2,1H3,(H,30,34). The summed E-state index contributed by atoms with van der Waals surface area (Å²) in [5.74, 6) is -0.895. The van der Waals surface area contributed by atoms with E-state index in [2.05, 4.69) is 4.98 Å². The predicted molar refractivity (Wildman–Crippen MR) is 126 cm³/mol. The summed E-state index contributed by atoms with van der Waals surface area (Å²) in [5, 5.41) is 1.82. The summed E-state index contributed by atoms with van der Waals surface area (Å²) in [5.41, 5.74) is 4.79. The van der Waals surface area contributed by atoms with Crippen LogP contribution in [0.25, 0.3) is 33.4 Å². The molecule has 10 heteroatoms. The molecule has 0 atom stereocenters. The second kappa shape index (κ2) is 8.46. The van der Waals surface area contributed by atoms with Crippen LogP contribution in [0.2, 0.25) is 0 Å². The van der Waals surface area contributed by atoms with Gasteiger partial charge in [0, 0.05) is 11.8 Å². The fourth-order valence-corrected chi connectivity index (χ4v) is 4.26. The molecule has 1 N–H and O–H groups in total. The van der Waals surface area contributed by atoms with Crippen molar-refractivity contribution >= 4 is 22.5 Å². The average molecular weight is 479 g/mol. The van der Waals surface area contributed by atoms with Crippen LogP contribution in [0.5, 0.6) is 0 Å². The summed E-state index contributed by atoms with van der Waals surface area (Å²) in [7, 11) is 0. The smallest absolute Gasteiger partial charge is 0.345 e. The van der Waals surface area contributed by atoms with Crippen molar-refractivity contribution in [2.24, 2.45) is 0 Å². The van der Waals surface area contributed by atoms with Gasteiger partial charge in [0.25, 0.3) is 0 Å². The first-order valence-corrected chi connectivity index (χ1v) is 10.8. The fraction of sp³-hybridized carbons (Fsp3) is 0.160. The molecule has 35 heavy (non-hydrogen) atoms. The number of carbonyl (C=O) groups excluding carboxylic acids is 1. The molecule has 0 aliphatic carbocycles. The van der Waals surface area contributed by atoms with E-state index in [1.54, 1.807) is 36.8 Å². The molecule has 5 aromatic rings. The number of halogens is 3. The zero-order valence-corrected chi connectivity index (χ0v) is 18.6. The number of alkyl halides is 3. The van der Waals surface area contributed by atoms with Crippen molar-refractivity contribution in [2.45, 2.75) is 19.6 Å². The van der Waals surface area contributed by atoms with Crippen molar-refractivity contribution in [3.05, 3.63) is 89.4 Å². The molecule has 0 saturated carbocycles. The molecule has 178 valence electrons. The monoisotopic (exact) mass is 479 g/mol. The van der Waals surface area contributed by atoms with Crippen LogP contribution < -0.4 is 11.0 Å². The number of amides is 1. The minimum absolute atomic E-state index is 0.451. The molecule has 3 aromatic heterocycles. The maximum absolute atomic E-state index is 13.4. The van der Waals surface area contributed by atoms with E-state index in [1.807, 2.05) is 53.2 Å². The quantitative estimate of drug-likeness (QED) is 0.413. The number of pyridine rings is 1. The molecule has 0 aliphatic rings. The highest BCUT2D eigenvalue weighted by molar-refractivity contribution is 5.84. The Hall–Kier alpha value is -4.34. The Morgan fingerprint density at radius 3 is 2.54 bits per heavy atom. The second-order valence-electron chi connectivity index (χ2n) is 8.19. The molecular formula is C25H20F3N5O2. The Kier molecular flexibility index (Phi) is 5.43. The molecule has 0 saturated heterocycles. The Labute approximate surface area is 197 Å². The van der Waals surface area contributed by atoms with Gasteiger partial charge in [-0.05, 0) is 48.4 Å². The van der Waals surface area contributed by atoms with Crippen LogP contribution in [0.4, 0.5) is 13.2 Å². The highest BCUT2D eigenvalue weighted by Gasteiger charge is 2.28. The molecule has 0 aliphatic heterocycles. The Morgan fingerprint density at radius 2 is 1.80 bits per heavy atom. The normalized spacial score (nSPS) is 11.9. The van der Waals surface area contributed by atoms with Crippen LogP contribution in [0.15, 0.2) is 78.1 Å². The van der Waals surface area contributed by atoms with Gasteiger partial charge in [0.1, 0.15) is 13.1 Å². The maximum Gasteiger partial charge on any atom is 0.405 e. The van der Waals surface area contributed by atoms with E-state index in [9.17, 15) is 22.8 Å². The van der Waals surface area contributed by atoms with E-state index in [0.717, 1.165) is 22.2 Å². The van der Waals surface area contributed by atoms with Gasteiger partial charge in [-0.25, -0.2) is 9.78 Å². The molecule has 0 radical (unpaired) electrons. The number of imidazole rings is 2. The first-order chi connectivity index (χ1) is 16.7. The van der Waals surface area contributed by atoms with Crippen molar-refractivity contribution in [1.82, 2.24) is 23.8 Å². The van der Waals surface area contributed by atoms with E-state index < -0.39 is 30.9 Å². The molecule has 7 nitrogen and oxygen atoms in total. The lowest BCUT2D eigenvalue weighted by atomic mass is 10.0. The van der Waals surface area contributed by atoms with Crippen molar-refractivity contribution in [3.8, 4) is 16.8 Å². The molecule has 1 amide bonds. The highest BCUT2D eigenvalue weighted by Crippen LogP contribution is 2.28. The number of hydrogen-bond donors (Lipinski definition) is 1. The lowest BCUT2D eigenvalue weighted by Gasteiger charge is -2.11. The molecule has 0 spiro atoms. The van der Waals surface area contributed by atoms with Gasteiger partial charge in [0.05, 0.1) is 34.8 Å². The average Bonchev–Trinajstić information content (AvgIpc) is 3.41. The van der Waals surface area contributed by atoms with Crippen LogP contribution in [-0.4, -0.2) is 37.1 Å². The van der Waals surface area contributed by atoms with Crippen molar-refractivity contribution in [2.75, 3.05) is 6.54 Å². The summed E-state index contributed by atoms with van der Waals surface area (Å²) in [6.45, 7) is -0.101. The van der Waals surface area contributed by atoms with Crippen LogP contribution in [0, 0.1) is 6.92 Å². The molecule has 0 unspecified atom stereocenters. The largest absolute Gasteiger partial charge is 0.405 e. The minimum atomic E-state index is -4.53. The molecule has 5 rings (SSSR count). The van der Waals surface area contributed by atoms with Gasteiger partial charge in [-0.2, -0.15) is 13.2 Å². The number of benzene rings is 2. The summed E-state index contributed by atoms with van der Waals surface area (Å²) in [6.07, 6.45) is 0.876. The number of aromatic nitrogens is 4. The van der Waals surface area contributed by atoms with Gasteiger partial charge in [0.15, 0.2) is 0 Å². The Morgan fingerprint density at radius 1 is 1.03 bits per heavy atom. The summed E-state index contributed by atoms with van der Waals surface area (Å²) in [6, 6.07) is 16.5. The van der Waals surface area contributed by atoms with Crippen LogP contribution in [-0.2, 0) is 11.3 Å². The number of aryl methyl sites for hydroxylation is 1. The number of nitrogens with one attached hydrogen (secondary N) is 1. The van der Waals surface area contributed by atoms with Crippen molar-refractivity contribution < 1.29 is 18.0 Å². The number of fused-ring (bicyclic) bond motifs is 2. The first-order valence-electron chi connectivity index (χ1n) is 10.8. The second-order valence-corrected chi connectivity index (χ2v) is 8.19. The minimum Gasteiger partial charge on any atom is -0.345 e. The first kappa shape index (κ1) is 22.5. The number of rotatable bonds is 5. The van der Waals surface area contributed by atoms with E-state index in [1.165, 1.54) is 9.13 Å². The molecule has 3 heterocycles. The lowest BCUT2D eigenvalue weighted by Crippen LogP contribution is -2.38. The summed E-state index contributed by atoms with van der Waals surface area (Å²) >= 11 is 0. The number of para-hydroxylation sites is 2. The van der Waals surface area contributed by atoms with Crippen LogP contribution in [0.3, 0.4) is 0 Å². The third-order valence-electron chi connectivity index (χ3n) is 5.82. The van der Waals surface area contributed by atoms with Gasteiger partial charge in [-0.15, -0.1) is 0 Å². The number of carbonyl (C=O) groups is 1. The van der Waals surface area contributed by atoms with E-state index in [0.29, 0.717) is 16.7 Å². The van der Waals surface area contributed by atoms with Gasteiger partial charge in [-0.3, -0.25) is 13.9 Å². The molecule has 2 aromatic carbocycles. The third-order valence-corrected chi connectivity index (χ3v) is 5.82. The predicted octanol–water partition coefficient (Wildman–Crippen LogP) is 4.09. The van der Waals surface area contributed by atoms with Gasteiger partial charge in [-0.1, -0.05) is 24.3 Å². The van der Waals surface area contributed by atoms with E-state index in [4.69, 9.17) is 0 Å². The number of hydrogen-bond acceptors (Lipinski definition) is 3. The van der Waals surface area contributed by atoms with Crippen LogP contribution in [0.1, 0.15) is 5.56 Å². The summed E-state index contributed by atoms with van der Waals surface area (Å²) in [4.78, 5) is 29.7. The fourth-order valence-electron chi connectivity index (χ4n) is 4.26. The zero-order chi connectivity index (χ0) is 24.7. The Bertz CT molecular complexity index is 1630. The molecule has 0 fully saturated rings. The van der Waals surface area contributed by atoms with Crippen molar-refractivity contribution in [3.63, 3.8) is 0 Å². The van der Waals surface area contributed by atoms with Crippen LogP contribution >= 0.6 is 0 Å². The lowest BCUT2D eigenvalue weighted by molar-refractivity contribution is -0.138. The SMILES string of the molecule is Cc1cc(-c2cccn3cncc23)ccc1-n1c(=O)n(CC(=O)NCC(F)(F)F)c2ccccc21.